The molecule has 0 aromatic heterocycles. The topological polar surface area (TPSA) is 138 Å². The van der Waals surface area contributed by atoms with Crippen molar-refractivity contribution in [2.75, 3.05) is 33.9 Å². The highest BCUT2D eigenvalue weighted by atomic mass is 19.1. The summed E-state index contributed by atoms with van der Waals surface area (Å²) in [6.07, 6.45) is 1.56. The Morgan fingerprint density at radius 2 is 1.45 bits per heavy atom. The molecular weight excluding hydrogens is 723 g/mol. The van der Waals surface area contributed by atoms with Crippen LogP contribution >= 0.6 is 0 Å². The van der Waals surface area contributed by atoms with E-state index in [1.807, 2.05) is 30.3 Å². The van der Waals surface area contributed by atoms with Gasteiger partial charge in [-0.1, -0.05) is 67.4 Å². The molecule has 4 rings (SSSR count). The lowest BCUT2D eigenvalue weighted by Crippen LogP contribution is -2.52. The monoisotopic (exact) mass is 782 g/mol. The Labute approximate surface area is 330 Å². The van der Waals surface area contributed by atoms with E-state index in [0.717, 1.165) is 41.7 Å². The standard InChI is InChI=1S/C43H59FN2O10/c1-42(2,3)56-41(51)46(7)35(26-43(4,5)44)40(50)55-36(20-17-29-15-18-32(19-16-29)33-21-23-52-24-22-33)38(48)45(6)34(25-30-13-14-30)39(49)54-28-37(47)53-27-31-11-9-8-10-12-31/h8-12,15-16,18-19,30,33-36H,13-14,17,20-28H2,1-7H3/t34-,35-,36+/m0/s1. The third-order valence-corrected chi connectivity index (χ3v) is 9.92. The second-order valence-electron chi connectivity index (χ2n) is 16.5. The van der Waals surface area contributed by atoms with Gasteiger partial charge in [0.05, 0.1) is 0 Å². The third kappa shape index (κ3) is 14.5. The summed E-state index contributed by atoms with van der Waals surface area (Å²) in [5.41, 5.74) is 0.0745. The van der Waals surface area contributed by atoms with Crippen molar-refractivity contribution in [1.82, 2.24) is 9.80 Å². The largest absolute Gasteiger partial charge is 0.458 e. The van der Waals surface area contributed by atoms with Crippen LogP contribution in [0.15, 0.2) is 54.6 Å². The average molecular weight is 783 g/mol. The fourth-order valence-electron chi connectivity index (χ4n) is 6.50. The highest BCUT2D eigenvalue weighted by molar-refractivity contribution is 5.90. The van der Waals surface area contributed by atoms with Gasteiger partial charge in [-0.3, -0.25) is 9.69 Å². The number of nitrogens with zero attached hydrogens (tertiary/aromatic N) is 2. The number of rotatable bonds is 18. The molecule has 2 aromatic carbocycles. The van der Waals surface area contributed by atoms with E-state index >= 15 is 4.39 Å². The minimum Gasteiger partial charge on any atom is -0.458 e. The zero-order valence-corrected chi connectivity index (χ0v) is 33.9. The molecule has 12 nitrogen and oxygen atoms in total. The quantitative estimate of drug-likeness (QED) is 0.119. The van der Waals surface area contributed by atoms with Crippen molar-refractivity contribution >= 4 is 29.9 Å². The summed E-state index contributed by atoms with van der Waals surface area (Å²) in [6, 6.07) is 14.6. The van der Waals surface area contributed by atoms with Gasteiger partial charge in [0.2, 0.25) is 0 Å². The summed E-state index contributed by atoms with van der Waals surface area (Å²) in [4.78, 5) is 69.6. The lowest BCUT2D eigenvalue weighted by Gasteiger charge is -2.34. The van der Waals surface area contributed by atoms with Crippen molar-refractivity contribution < 1.29 is 52.0 Å². The zero-order valence-electron chi connectivity index (χ0n) is 33.9. The van der Waals surface area contributed by atoms with Crippen LogP contribution in [0.25, 0.3) is 0 Å². The number of ether oxygens (including phenoxy) is 5. The van der Waals surface area contributed by atoms with Crippen LogP contribution in [-0.2, 0) is 55.9 Å². The van der Waals surface area contributed by atoms with Crippen molar-refractivity contribution in [3.8, 4) is 0 Å². The van der Waals surface area contributed by atoms with Crippen molar-refractivity contribution in [2.45, 2.75) is 128 Å². The number of carbonyl (C=O) groups excluding carboxylic acids is 5. The van der Waals surface area contributed by atoms with Gasteiger partial charge in [0, 0.05) is 33.7 Å². The van der Waals surface area contributed by atoms with Gasteiger partial charge < -0.3 is 28.6 Å². The molecule has 0 N–H and O–H groups in total. The maximum atomic E-state index is 15.2. The number of carbonyl (C=O) groups is 5. The van der Waals surface area contributed by atoms with Gasteiger partial charge >= 0.3 is 24.0 Å². The van der Waals surface area contributed by atoms with Crippen LogP contribution in [0.4, 0.5) is 9.18 Å². The highest BCUT2D eigenvalue weighted by Gasteiger charge is 2.41. The average Bonchev–Trinajstić information content (AvgIpc) is 3.99. The Morgan fingerprint density at radius 1 is 0.804 bits per heavy atom. The second-order valence-corrected chi connectivity index (χ2v) is 16.5. The summed E-state index contributed by atoms with van der Waals surface area (Å²) in [6.45, 7) is 8.36. The molecule has 1 saturated heterocycles. The Bertz CT molecular complexity index is 1610. The predicted molar refractivity (Wildman–Crippen MR) is 206 cm³/mol. The zero-order chi connectivity index (χ0) is 41.0. The smallest absolute Gasteiger partial charge is 0.410 e. The molecule has 1 aliphatic carbocycles. The molecular formula is C43H59FN2O10. The molecule has 0 radical (unpaired) electrons. The lowest BCUT2D eigenvalue weighted by molar-refractivity contribution is -0.170. The number of hydrogen-bond donors (Lipinski definition) is 0. The Hall–Kier alpha value is -4.52. The van der Waals surface area contributed by atoms with E-state index in [-0.39, 0.29) is 25.4 Å². The van der Waals surface area contributed by atoms with Gasteiger partial charge in [-0.2, -0.15) is 0 Å². The SMILES string of the molecule is CN(C(=O)OC(C)(C)C)[C@@H](CC(C)(C)F)C(=O)O[C@H](CCc1ccc(C2CCOCC2)cc1)C(=O)N(C)[C@@H](CC1CC1)C(=O)OCC(=O)OCc1ccccc1. The number of aryl methyl sites for hydroxylation is 1. The van der Waals surface area contributed by atoms with Crippen molar-refractivity contribution in [3.05, 3.63) is 71.3 Å². The molecule has 1 heterocycles. The van der Waals surface area contributed by atoms with Crippen molar-refractivity contribution in [1.29, 1.82) is 0 Å². The summed E-state index contributed by atoms with van der Waals surface area (Å²) in [5.74, 6) is -2.64. The van der Waals surface area contributed by atoms with Crippen LogP contribution < -0.4 is 0 Å². The van der Waals surface area contributed by atoms with Crippen LogP contribution in [0.1, 0.15) is 102 Å². The number of amides is 2. The van der Waals surface area contributed by atoms with Gasteiger partial charge in [0.15, 0.2) is 12.7 Å². The van der Waals surface area contributed by atoms with E-state index in [1.165, 1.54) is 38.4 Å². The Balaban J connectivity index is 1.53. The first-order valence-electron chi connectivity index (χ1n) is 19.5. The summed E-state index contributed by atoms with van der Waals surface area (Å²) < 4.78 is 42.7. The minimum atomic E-state index is -1.90. The first-order valence-corrected chi connectivity index (χ1v) is 19.5. The van der Waals surface area contributed by atoms with Crippen molar-refractivity contribution in [2.24, 2.45) is 5.92 Å². The molecule has 3 atom stereocenters. The van der Waals surface area contributed by atoms with E-state index in [1.54, 1.807) is 32.9 Å². The maximum Gasteiger partial charge on any atom is 0.410 e. The molecule has 2 aliphatic rings. The number of likely N-dealkylation sites (N-methyl/N-ethyl adjacent to an activating group) is 2. The molecule has 13 heteroatoms. The summed E-state index contributed by atoms with van der Waals surface area (Å²) in [7, 11) is 2.75. The lowest BCUT2D eigenvalue weighted by atomic mass is 9.90. The van der Waals surface area contributed by atoms with Crippen LogP contribution in [0, 0.1) is 5.92 Å². The normalized spacial score (nSPS) is 16.5. The number of hydrogen-bond acceptors (Lipinski definition) is 10. The molecule has 1 aliphatic heterocycles. The molecule has 1 saturated carbocycles. The molecule has 0 unspecified atom stereocenters. The van der Waals surface area contributed by atoms with Gasteiger partial charge in [0.1, 0.15) is 30.0 Å². The van der Waals surface area contributed by atoms with E-state index < -0.39 is 72.4 Å². The van der Waals surface area contributed by atoms with Crippen molar-refractivity contribution in [3.63, 3.8) is 0 Å². The van der Waals surface area contributed by atoms with E-state index in [4.69, 9.17) is 23.7 Å². The van der Waals surface area contributed by atoms with Gasteiger partial charge in [0.25, 0.3) is 5.91 Å². The van der Waals surface area contributed by atoms with Crippen LogP contribution in [0.2, 0.25) is 0 Å². The fraction of sp³-hybridized carbons (Fsp3) is 0.605. The highest BCUT2D eigenvalue weighted by Crippen LogP contribution is 2.35. The number of esters is 3. The molecule has 56 heavy (non-hydrogen) atoms. The molecule has 2 amide bonds. The van der Waals surface area contributed by atoms with Crippen LogP contribution in [0.5, 0.6) is 0 Å². The van der Waals surface area contributed by atoms with E-state index in [2.05, 4.69) is 12.1 Å². The van der Waals surface area contributed by atoms with Crippen LogP contribution in [-0.4, -0.2) is 103 Å². The van der Waals surface area contributed by atoms with Crippen LogP contribution in [0.3, 0.4) is 0 Å². The Morgan fingerprint density at radius 3 is 2.04 bits per heavy atom. The minimum absolute atomic E-state index is 0.0100. The maximum absolute atomic E-state index is 15.2. The van der Waals surface area contributed by atoms with Gasteiger partial charge in [-0.25, -0.2) is 23.6 Å². The molecule has 0 spiro atoms. The molecule has 2 aromatic rings. The number of benzene rings is 2. The predicted octanol–water partition coefficient (Wildman–Crippen LogP) is 6.71. The number of halogens is 1. The molecule has 0 bridgehead atoms. The van der Waals surface area contributed by atoms with Gasteiger partial charge in [-0.05, 0) is 95.2 Å². The summed E-state index contributed by atoms with van der Waals surface area (Å²) >= 11 is 0. The first-order chi connectivity index (χ1) is 26.4. The van der Waals surface area contributed by atoms with E-state index in [0.29, 0.717) is 25.6 Å². The Kier molecular flexibility index (Phi) is 15.8. The molecule has 308 valence electrons. The van der Waals surface area contributed by atoms with E-state index in [9.17, 15) is 24.0 Å². The third-order valence-electron chi connectivity index (χ3n) is 9.92. The first kappa shape index (κ1) is 44.2. The number of alkyl halides is 1. The molecule has 2 fully saturated rings. The van der Waals surface area contributed by atoms with Gasteiger partial charge in [-0.15, -0.1) is 0 Å². The fourth-order valence-corrected chi connectivity index (χ4v) is 6.50. The second kappa shape index (κ2) is 20.1. The summed E-state index contributed by atoms with van der Waals surface area (Å²) in [5, 5.41) is 0.